The van der Waals surface area contributed by atoms with E-state index in [4.69, 9.17) is 0 Å². The molecule has 3 aromatic carbocycles. The summed E-state index contributed by atoms with van der Waals surface area (Å²) in [6.45, 7) is 2.19. The molecule has 0 bridgehead atoms. The van der Waals surface area contributed by atoms with E-state index < -0.39 is 0 Å². The van der Waals surface area contributed by atoms with Gasteiger partial charge in [0.2, 0.25) is 0 Å². The van der Waals surface area contributed by atoms with Crippen LogP contribution in [0.25, 0.3) is 5.57 Å². The van der Waals surface area contributed by atoms with Crippen molar-refractivity contribution in [2.45, 2.75) is 50.9 Å². The minimum absolute atomic E-state index is 0.0320. The number of carbonyl (C=O) groups excluding carboxylic acids is 1. The van der Waals surface area contributed by atoms with Gasteiger partial charge in [-0.15, -0.1) is 0 Å². The van der Waals surface area contributed by atoms with E-state index >= 15 is 0 Å². The number of rotatable bonds is 6. The van der Waals surface area contributed by atoms with Crippen molar-refractivity contribution in [3.63, 3.8) is 0 Å². The van der Waals surface area contributed by atoms with E-state index in [-0.39, 0.29) is 11.8 Å². The average molecular weight is 407 g/mol. The summed E-state index contributed by atoms with van der Waals surface area (Å²) < 4.78 is 0. The molecular weight excluding hydrogens is 376 g/mol. The fraction of sp³-hybridized carbons (Fsp3) is 0.300. The van der Waals surface area contributed by atoms with Crippen molar-refractivity contribution < 1.29 is 4.79 Å². The number of ketones is 1. The summed E-state index contributed by atoms with van der Waals surface area (Å²) in [5.41, 5.74) is 8.03. The van der Waals surface area contributed by atoms with E-state index in [0.717, 1.165) is 25.7 Å². The highest BCUT2D eigenvalue weighted by atomic mass is 16.1. The van der Waals surface area contributed by atoms with Crippen LogP contribution in [0, 0.1) is 5.92 Å². The zero-order valence-electron chi connectivity index (χ0n) is 18.3. The number of fused-ring (bicyclic) bond motifs is 1. The van der Waals surface area contributed by atoms with Crippen molar-refractivity contribution in [2.24, 2.45) is 5.92 Å². The van der Waals surface area contributed by atoms with Gasteiger partial charge in [-0.1, -0.05) is 91.9 Å². The van der Waals surface area contributed by atoms with Gasteiger partial charge in [-0.25, -0.2) is 0 Å². The SMILES string of the molecule is CCc1ccc(C2CC(c3ccccc3)=CC2C(=O)CC2CCc3ccccc32)cc1. The Morgan fingerprint density at radius 1 is 0.903 bits per heavy atom. The molecule has 0 aliphatic heterocycles. The lowest BCUT2D eigenvalue weighted by Crippen LogP contribution is -2.19. The van der Waals surface area contributed by atoms with Crippen molar-refractivity contribution in [1.82, 2.24) is 0 Å². The maximum absolute atomic E-state index is 13.7. The first kappa shape index (κ1) is 20.0. The summed E-state index contributed by atoms with van der Waals surface area (Å²) in [6.07, 6.45) is 7.12. The van der Waals surface area contributed by atoms with E-state index in [1.807, 2.05) is 0 Å². The molecule has 0 saturated heterocycles. The molecule has 3 unspecified atom stereocenters. The molecule has 5 rings (SSSR count). The summed E-state index contributed by atoms with van der Waals surface area (Å²) in [6, 6.07) is 28.2. The van der Waals surface area contributed by atoms with Gasteiger partial charge in [0.1, 0.15) is 5.78 Å². The second-order valence-electron chi connectivity index (χ2n) is 9.09. The average Bonchev–Trinajstić information content (AvgIpc) is 3.45. The van der Waals surface area contributed by atoms with Crippen LogP contribution in [-0.4, -0.2) is 5.78 Å². The van der Waals surface area contributed by atoms with E-state index in [2.05, 4.69) is 91.9 Å². The van der Waals surface area contributed by atoms with Gasteiger partial charge >= 0.3 is 0 Å². The Bertz CT molecular complexity index is 1090. The molecule has 0 heterocycles. The Hall–Kier alpha value is -2.93. The highest BCUT2D eigenvalue weighted by molar-refractivity contribution is 5.89. The van der Waals surface area contributed by atoms with Crippen molar-refractivity contribution in [3.05, 3.63) is 113 Å². The van der Waals surface area contributed by atoms with Crippen LogP contribution in [0.4, 0.5) is 0 Å². The van der Waals surface area contributed by atoms with Crippen molar-refractivity contribution >= 4 is 11.4 Å². The molecule has 0 fully saturated rings. The summed E-state index contributed by atoms with van der Waals surface area (Å²) in [5, 5.41) is 0. The molecule has 0 saturated carbocycles. The van der Waals surface area contributed by atoms with Crippen LogP contribution >= 0.6 is 0 Å². The summed E-state index contributed by atoms with van der Waals surface area (Å²) in [4.78, 5) is 13.7. The van der Waals surface area contributed by atoms with Crippen LogP contribution in [0.3, 0.4) is 0 Å². The molecule has 1 heteroatoms. The van der Waals surface area contributed by atoms with Crippen molar-refractivity contribution in [1.29, 1.82) is 0 Å². The molecule has 0 N–H and O–H groups in total. The fourth-order valence-corrected chi connectivity index (χ4v) is 5.51. The Kier molecular flexibility index (Phi) is 5.59. The van der Waals surface area contributed by atoms with E-state index in [1.165, 1.54) is 33.4 Å². The standard InChI is InChI=1S/C30H30O/c1-2-21-12-14-24(15-13-21)28-18-26(22-8-4-3-5-9-22)19-29(28)30(31)20-25-17-16-23-10-6-7-11-27(23)25/h3-15,19,25,28-29H,2,16-18,20H2,1H3. The smallest absolute Gasteiger partial charge is 0.140 e. The first-order chi connectivity index (χ1) is 15.2. The normalized spacial score (nSPS) is 22.2. The number of hydrogen-bond acceptors (Lipinski definition) is 1. The Labute approximate surface area is 185 Å². The minimum atomic E-state index is -0.0320. The van der Waals surface area contributed by atoms with Crippen LogP contribution in [0.5, 0.6) is 0 Å². The molecule has 0 spiro atoms. The van der Waals surface area contributed by atoms with Crippen LogP contribution < -0.4 is 0 Å². The fourth-order valence-electron chi connectivity index (χ4n) is 5.51. The summed E-state index contributed by atoms with van der Waals surface area (Å²) >= 11 is 0. The Balaban J connectivity index is 1.43. The topological polar surface area (TPSA) is 17.1 Å². The molecular formula is C30H30O. The first-order valence-corrected chi connectivity index (χ1v) is 11.7. The molecule has 156 valence electrons. The third-order valence-electron chi connectivity index (χ3n) is 7.29. The van der Waals surface area contributed by atoms with E-state index in [9.17, 15) is 4.79 Å². The highest BCUT2D eigenvalue weighted by Crippen LogP contribution is 2.45. The van der Waals surface area contributed by atoms with Crippen LogP contribution in [0.2, 0.25) is 0 Å². The molecule has 3 aromatic rings. The number of benzene rings is 3. The Morgan fingerprint density at radius 2 is 1.65 bits per heavy atom. The molecule has 31 heavy (non-hydrogen) atoms. The quantitative estimate of drug-likeness (QED) is 0.426. The summed E-state index contributed by atoms with van der Waals surface area (Å²) in [5.74, 6) is 0.985. The number of allylic oxidation sites excluding steroid dienone is 2. The lowest BCUT2D eigenvalue weighted by molar-refractivity contribution is -0.122. The molecule has 1 nitrogen and oxygen atoms in total. The first-order valence-electron chi connectivity index (χ1n) is 11.7. The second kappa shape index (κ2) is 8.67. The number of aryl methyl sites for hydroxylation is 2. The second-order valence-corrected chi connectivity index (χ2v) is 9.09. The maximum Gasteiger partial charge on any atom is 0.140 e. The van der Waals surface area contributed by atoms with E-state index in [0.29, 0.717) is 18.1 Å². The van der Waals surface area contributed by atoms with Gasteiger partial charge < -0.3 is 0 Å². The van der Waals surface area contributed by atoms with Gasteiger partial charge in [0.05, 0.1) is 0 Å². The predicted octanol–water partition coefficient (Wildman–Crippen LogP) is 7.13. The molecule has 0 amide bonds. The van der Waals surface area contributed by atoms with Crippen molar-refractivity contribution in [2.75, 3.05) is 0 Å². The largest absolute Gasteiger partial charge is 0.299 e. The lowest BCUT2D eigenvalue weighted by atomic mass is 9.81. The zero-order valence-corrected chi connectivity index (χ0v) is 18.3. The zero-order chi connectivity index (χ0) is 21.2. The van der Waals surface area contributed by atoms with Gasteiger partial charge in [0.25, 0.3) is 0 Å². The minimum Gasteiger partial charge on any atom is -0.299 e. The maximum atomic E-state index is 13.7. The summed E-state index contributed by atoms with van der Waals surface area (Å²) in [7, 11) is 0. The van der Waals surface area contributed by atoms with Crippen LogP contribution in [0.15, 0.2) is 84.9 Å². The van der Waals surface area contributed by atoms with Crippen molar-refractivity contribution in [3.8, 4) is 0 Å². The lowest BCUT2D eigenvalue weighted by Gasteiger charge is -2.21. The van der Waals surface area contributed by atoms with E-state index in [1.54, 1.807) is 0 Å². The van der Waals surface area contributed by atoms with Gasteiger partial charge in [-0.3, -0.25) is 4.79 Å². The molecule has 0 aromatic heterocycles. The van der Waals surface area contributed by atoms with Gasteiger partial charge in [-0.05, 0) is 65.0 Å². The van der Waals surface area contributed by atoms with Crippen LogP contribution in [-0.2, 0) is 17.6 Å². The van der Waals surface area contributed by atoms with Gasteiger partial charge in [0, 0.05) is 18.3 Å². The highest BCUT2D eigenvalue weighted by Gasteiger charge is 2.36. The third-order valence-corrected chi connectivity index (χ3v) is 7.29. The van der Waals surface area contributed by atoms with Gasteiger partial charge in [-0.2, -0.15) is 0 Å². The number of carbonyl (C=O) groups is 1. The molecule has 0 radical (unpaired) electrons. The van der Waals surface area contributed by atoms with Gasteiger partial charge in [0.15, 0.2) is 0 Å². The number of hydrogen-bond donors (Lipinski definition) is 0. The third kappa shape index (κ3) is 4.02. The van der Waals surface area contributed by atoms with Crippen LogP contribution in [0.1, 0.15) is 65.8 Å². The monoisotopic (exact) mass is 406 g/mol. The predicted molar refractivity (Wildman–Crippen MR) is 128 cm³/mol. The molecule has 2 aliphatic carbocycles. The Morgan fingerprint density at radius 3 is 2.42 bits per heavy atom. The molecule has 2 aliphatic rings. The molecule has 3 atom stereocenters. The number of Topliss-reactive ketones (excluding diaryl/α,β-unsaturated/α-hetero) is 1.